The lowest BCUT2D eigenvalue weighted by molar-refractivity contribution is -0.108. The summed E-state index contributed by atoms with van der Waals surface area (Å²) in [7, 11) is -2.26. The standard InChI is InChI=1S/C34H34N2O7Si/c1-5-44(6-2,7-3)42-20(4)33-26-12-10-8-9-11-13-27(39)34(33,43-33)24-17-25(38)28-29(30(24)36(26)19-37)31(40)22-15-14-21(18-35)16-23(22)32(28)41/h8-9,14-17,19-20,26-27,38-39H,5-7,18,35H2,1-4H3/b9-8-/t20-,26+,27-,33+,34+/m1/s1. The van der Waals surface area contributed by atoms with E-state index >= 15 is 0 Å². The lowest BCUT2D eigenvalue weighted by Crippen LogP contribution is -2.61. The van der Waals surface area contributed by atoms with E-state index in [1.807, 2.05) is 6.92 Å². The quantitative estimate of drug-likeness (QED) is 0.153. The van der Waals surface area contributed by atoms with Crippen LogP contribution < -0.4 is 10.6 Å². The molecule has 1 amide bonds. The lowest BCUT2D eigenvalue weighted by atomic mass is 9.68. The summed E-state index contributed by atoms with van der Waals surface area (Å²) in [5.41, 5.74) is 3.47. The maximum atomic E-state index is 14.2. The number of rotatable bonds is 8. The largest absolute Gasteiger partial charge is 0.507 e. The fourth-order valence-electron chi connectivity index (χ4n) is 7.35. The van der Waals surface area contributed by atoms with Gasteiger partial charge in [0.05, 0.1) is 22.9 Å². The molecular weight excluding hydrogens is 576 g/mol. The zero-order valence-corrected chi connectivity index (χ0v) is 26.1. The molecule has 44 heavy (non-hydrogen) atoms. The van der Waals surface area contributed by atoms with Gasteiger partial charge in [-0.05, 0) is 61.0 Å². The summed E-state index contributed by atoms with van der Waals surface area (Å²) >= 11 is 0. The van der Waals surface area contributed by atoms with Crippen LogP contribution >= 0.6 is 0 Å². The number of phenolic OH excluding ortho intramolecular Hbond substituents is 1. The number of phenols is 1. The number of aliphatic hydroxyl groups excluding tert-OH is 1. The van der Waals surface area contributed by atoms with Crippen molar-refractivity contribution in [3.05, 3.63) is 69.8 Å². The molecule has 10 heteroatoms. The van der Waals surface area contributed by atoms with Crippen molar-refractivity contribution in [3.8, 4) is 29.4 Å². The third-order valence-corrected chi connectivity index (χ3v) is 14.6. The highest BCUT2D eigenvalue weighted by atomic mass is 28.4. The van der Waals surface area contributed by atoms with Crippen LogP contribution in [0.15, 0.2) is 36.4 Å². The van der Waals surface area contributed by atoms with Gasteiger partial charge >= 0.3 is 0 Å². The normalized spacial score (nSPS) is 27.3. The monoisotopic (exact) mass is 610 g/mol. The van der Waals surface area contributed by atoms with Gasteiger partial charge in [-0.1, -0.05) is 50.5 Å². The molecule has 0 aromatic heterocycles. The Morgan fingerprint density at radius 3 is 2.36 bits per heavy atom. The summed E-state index contributed by atoms with van der Waals surface area (Å²) in [5, 5.41) is 23.2. The van der Waals surface area contributed by atoms with Crippen molar-refractivity contribution in [1.82, 2.24) is 0 Å². The fourth-order valence-corrected chi connectivity index (χ4v) is 10.3. The van der Waals surface area contributed by atoms with E-state index in [0.29, 0.717) is 12.0 Å². The Bertz CT molecular complexity index is 1770. The molecule has 0 saturated carbocycles. The highest BCUT2D eigenvalue weighted by Gasteiger charge is 2.84. The van der Waals surface area contributed by atoms with Gasteiger partial charge in [-0.25, -0.2) is 0 Å². The average Bonchev–Trinajstić information content (AvgIpc) is 3.76. The summed E-state index contributed by atoms with van der Waals surface area (Å²) < 4.78 is 13.6. The highest BCUT2D eigenvalue weighted by molar-refractivity contribution is 6.73. The number of anilines is 1. The van der Waals surface area contributed by atoms with Crippen LogP contribution in [0, 0.1) is 23.7 Å². The summed E-state index contributed by atoms with van der Waals surface area (Å²) in [6.45, 7) is 8.31. The van der Waals surface area contributed by atoms with Gasteiger partial charge in [-0.2, -0.15) is 0 Å². The predicted molar refractivity (Wildman–Crippen MR) is 166 cm³/mol. The van der Waals surface area contributed by atoms with Gasteiger partial charge in [0.1, 0.15) is 11.8 Å². The smallest absolute Gasteiger partial charge is 0.215 e. The van der Waals surface area contributed by atoms with E-state index < -0.39 is 55.1 Å². The maximum absolute atomic E-state index is 14.2. The number of aliphatic hydroxyl groups is 1. The molecule has 2 heterocycles. The first-order chi connectivity index (χ1) is 21.1. The molecule has 1 fully saturated rings. The van der Waals surface area contributed by atoms with Crippen molar-refractivity contribution in [1.29, 1.82) is 0 Å². The number of hydrogen-bond donors (Lipinski definition) is 3. The molecule has 2 aromatic rings. The Morgan fingerprint density at radius 1 is 1.07 bits per heavy atom. The molecule has 5 atom stereocenters. The molecular formula is C34H34N2O7Si. The van der Waals surface area contributed by atoms with E-state index in [1.54, 1.807) is 12.1 Å². The number of ketones is 2. The molecule has 226 valence electrons. The SMILES string of the molecule is CC[Si](CC)(CC)O[C@H](C)[C@@]12O[C@]13c1cc(O)c4c(c1N(C=O)[C@H]2C#C/C=C\C#C[C@H]3O)C(=O)c1ccc(CN)cc1C4=O. The zero-order chi connectivity index (χ0) is 31.6. The van der Waals surface area contributed by atoms with Crippen LogP contribution in [0.5, 0.6) is 5.75 Å². The third kappa shape index (κ3) is 3.79. The van der Waals surface area contributed by atoms with Crippen molar-refractivity contribution in [2.24, 2.45) is 5.73 Å². The Morgan fingerprint density at radius 2 is 1.73 bits per heavy atom. The number of hydrogen-bond acceptors (Lipinski definition) is 8. The Labute approximate surface area is 257 Å². The highest BCUT2D eigenvalue weighted by Crippen LogP contribution is 2.69. The van der Waals surface area contributed by atoms with Gasteiger partial charge in [0.15, 0.2) is 37.2 Å². The molecule has 2 bridgehead atoms. The number of benzene rings is 2. The molecule has 9 nitrogen and oxygen atoms in total. The molecule has 0 unspecified atom stereocenters. The zero-order valence-electron chi connectivity index (χ0n) is 25.1. The van der Waals surface area contributed by atoms with E-state index in [2.05, 4.69) is 44.5 Å². The minimum absolute atomic E-state index is 0.0507. The Balaban J connectivity index is 1.66. The summed E-state index contributed by atoms with van der Waals surface area (Å²) in [6, 6.07) is 7.55. The first-order valence-corrected chi connectivity index (χ1v) is 17.4. The minimum atomic E-state index is -2.26. The van der Waals surface area contributed by atoms with Crippen molar-refractivity contribution < 1.29 is 33.8 Å². The number of amides is 1. The Kier molecular flexibility index (Phi) is 7.20. The molecule has 1 saturated heterocycles. The number of carbonyl (C=O) groups is 3. The third-order valence-electron chi connectivity index (χ3n) is 9.91. The van der Waals surface area contributed by atoms with Gasteiger partial charge in [0.25, 0.3) is 0 Å². The number of ether oxygens (including phenoxy) is 1. The second-order valence-electron chi connectivity index (χ2n) is 11.6. The van der Waals surface area contributed by atoms with Crippen LogP contribution in [0.25, 0.3) is 0 Å². The van der Waals surface area contributed by atoms with E-state index in [-0.39, 0.29) is 40.0 Å². The molecule has 2 aliphatic carbocycles. The van der Waals surface area contributed by atoms with E-state index in [1.165, 1.54) is 29.2 Å². The van der Waals surface area contributed by atoms with Crippen molar-refractivity contribution in [2.75, 3.05) is 4.90 Å². The van der Waals surface area contributed by atoms with Crippen LogP contribution in [0.2, 0.25) is 18.1 Å². The average molecular weight is 611 g/mol. The van der Waals surface area contributed by atoms with Gasteiger partial charge in [0, 0.05) is 23.2 Å². The summed E-state index contributed by atoms with van der Waals surface area (Å²) in [5.74, 6) is 10.1. The van der Waals surface area contributed by atoms with Crippen LogP contribution in [-0.2, 0) is 26.1 Å². The number of aromatic hydroxyl groups is 1. The van der Waals surface area contributed by atoms with Crippen molar-refractivity contribution in [3.63, 3.8) is 0 Å². The Hall–Kier alpha value is -4.03. The van der Waals surface area contributed by atoms with Crippen LogP contribution in [0.3, 0.4) is 0 Å². The van der Waals surface area contributed by atoms with Gasteiger partial charge < -0.3 is 25.1 Å². The second-order valence-corrected chi connectivity index (χ2v) is 16.4. The number of fused-ring (bicyclic) bond motifs is 4. The van der Waals surface area contributed by atoms with Crippen LogP contribution in [0.4, 0.5) is 5.69 Å². The molecule has 0 radical (unpaired) electrons. The van der Waals surface area contributed by atoms with Crippen molar-refractivity contribution in [2.45, 2.75) is 81.8 Å². The maximum Gasteiger partial charge on any atom is 0.215 e. The van der Waals surface area contributed by atoms with E-state index in [9.17, 15) is 24.6 Å². The van der Waals surface area contributed by atoms with E-state index in [0.717, 1.165) is 18.1 Å². The summed E-state index contributed by atoms with van der Waals surface area (Å²) in [4.78, 5) is 42.5. The number of nitrogens with two attached hydrogens (primary N) is 1. The van der Waals surface area contributed by atoms with Crippen LogP contribution in [0.1, 0.15) is 70.7 Å². The van der Waals surface area contributed by atoms with E-state index in [4.69, 9.17) is 14.9 Å². The van der Waals surface area contributed by atoms with Gasteiger partial charge in [-0.15, -0.1) is 0 Å². The number of nitrogens with zero attached hydrogens (tertiary/aromatic N) is 1. The molecule has 4 aliphatic rings. The number of epoxide rings is 1. The molecule has 0 spiro atoms. The molecule has 2 aromatic carbocycles. The molecule has 6 rings (SSSR count). The summed E-state index contributed by atoms with van der Waals surface area (Å²) in [6.07, 6.45) is 1.43. The fraction of sp³-hybridized carbons (Fsp3) is 0.382. The molecule has 4 N–H and O–H groups in total. The second kappa shape index (κ2) is 10.6. The minimum Gasteiger partial charge on any atom is -0.507 e. The lowest BCUT2D eigenvalue weighted by Gasteiger charge is -2.44. The topological polar surface area (TPSA) is 143 Å². The molecule has 2 aliphatic heterocycles. The van der Waals surface area contributed by atoms with Gasteiger partial charge in [-0.3, -0.25) is 19.3 Å². The van der Waals surface area contributed by atoms with Crippen LogP contribution in [-0.4, -0.2) is 60.4 Å². The predicted octanol–water partition coefficient (Wildman–Crippen LogP) is 3.28. The van der Waals surface area contributed by atoms with Crippen molar-refractivity contribution >= 4 is 32.0 Å². The number of carbonyl (C=O) groups excluding carboxylic acids is 3. The van der Waals surface area contributed by atoms with Gasteiger partial charge in [0.2, 0.25) is 6.41 Å². The first-order valence-electron chi connectivity index (χ1n) is 14.9. The number of allylic oxidation sites excluding steroid dienone is 2. The first kappa shape index (κ1) is 30.0.